The van der Waals surface area contributed by atoms with Crippen molar-refractivity contribution in [3.8, 4) is 17.2 Å². The molecule has 6 heteroatoms. The molecule has 0 bridgehead atoms. The van der Waals surface area contributed by atoms with Crippen molar-refractivity contribution >= 4 is 11.7 Å². The van der Waals surface area contributed by atoms with Gasteiger partial charge < -0.3 is 24.8 Å². The average molecular weight is 344 g/mol. The molecule has 0 fully saturated rings. The Morgan fingerprint density at radius 2 is 1.28 bits per heavy atom. The fraction of sp³-hybridized carbons (Fsp3) is 0.316. The largest absolute Gasteiger partial charge is 0.494 e. The fourth-order valence-electron chi connectivity index (χ4n) is 2.11. The first-order valence-electron chi connectivity index (χ1n) is 8.34. The predicted octanol–water partition coefficient (Wildman–Crippen LogP) is 3.68. The summed E-state index contributed by atoms with van der Waals surface area (Å²) >= 11 is 0. The molecule has 0 heterocycles. The summed E-state index contributed by atoms with van der Waals surface area (Å²) in [7, 11) is 0. The fourth-order valence-corrected chi connectivity index (χ4v) is 2.11. The van der Waals surface area contributed by atoms with Gasteiger partial charge in [0.05, 0.1) is 19.8 Å². The molecule has 6 nitrogen and oxygen atoms in total. The molecule has 0 aliphatic carbocycles. The van der Waals surface area contributed by atoms with E-state index in [2.05, 4.69) is 10.6 Å². The second-order valence-corrected chi connectivity index (χ2v) is 5.09. The molecular weight excluding hydrogens is 320 g/mol. The third kappa shape index (κ3) is 6.63. The highest BCUT2D eigenvalue weighted by Gasteiger charge is 2.02. The van der Waals surface area contributed by atoms with Crippen molar-refractivity contribution in [3.05, 3.63) is 48.5 Å². The zero-order valence-electron chi connectivity index (χ0n) is 14.6. The zero-order valence-corrected chi connectivity index (χ0v) is 14.6. The van der Waals surface area contributed by atoms with Gasteiger partial charge in [-0.15, -0.1) is 0 Å². The van der Waals surface area contributed by atoms with E-state index >= 15 is 0 Å². The Morgan fingerprint density at radius 3 is 1.80 bits per heavy atom. The van der Waals surface area contributed by atoms with Crippen LogP contribution in [0.2, 0.25) is 0 Å². The summed E-state index contributed by atoms with van der Waals surface area (Å²) in [5.41, 5.74) is 0.702. The van der Waals surface area contributed by atoms with Crippen LogP contribution in [-0.4, -0.2) is 32.4 Å². The van der Waals surface area contributed by atoms with Crippen LogP contribution in [0.15, 0.2) is 48.5 Å². The first kappa shape index (κ1) is 18.4. The van der Waals surface area contributed by atoms with Crippen LogP contribution in [0.4, 0.5) is 10.5 Å². The van der Waals surface area contributed by atoms with Gasteiger partial charge in [-0.2, -0.15) is 0 Å². The van der Waals surface area contributed by atoms with Gasteiger partial charge in [0.1, 0.15) is 23.9 Å². The highest BCUT2D eigenvalue weighted by atomic mass is 16.5. The smallest absolute Gasteiger partial charge is 0.319 e. The standard InChI is InChI=1S/C19H24N2O4/c1-3-23-16-7-5-15(6-8-16)21-19(22)20-13-14-25-18-11-9-17(10-12-18)24-4-2/h5-12H,3-4,13-14H2,1-2H3,(H2,20,21,22). The third-order valence-electron chi connectivity index (χ3n) is 3.21. The van der Waals surface area contributed by atoms with Crippen molar-refractivity contribution in [2.75, 3.05) is 31.7 Å². The highest BCUT2D eigenvalue weighted by Crippen LogP contribution is 2.17. The van der Waals surface area contributed by atoms with Gasteiger partial charge in [-0.1, -0.05) is 0 Å². The van der Waals surface area contributed by atoms with Gasteiger partial charge in [0, 0.05) is 5.69 Å². The second kappa shape index (κ2) is 10.1. The van der Waals surface area contributed by atoms with E-state index in [1.165, 1.54) is 0 Å². The minimum Gasteiger partial charge on any atom is -0.494 e. The topological polar surface area (TPSA) is 68.8 Å². The van der Waals surface area contributed by atoms with Crippen LogP contribution >= 0.6 is 0 Å². The molecule has 0 aromatic heterocycles. The van der Waals surface area contributed by atoms with E-state index in [0.29, 0.717) is 32.1 Å². The van der Waals surface area contributed by atoms with Gasteiger partial charge >= 0.3 is 6.03 Å². The Morgan fingerprint density at radius 1 is 0.800 bits per heavy atom. The maximum Gasteiger partial charge on any atom is 0.319 e. The Bertz CT molecular complexity index is 641. The third-order valence-corrected chi connectivity index (χ3v) is 3.21. The lowest BCUT2D eigenvalue weighted by molar-refractivity contribution is 0.247. The van der Waals surface area contributed by atoms with Crippen molar-refractivity contribution in [1.82, 2.24) is 5.32 Å². The lowest BCUT2D eigenvalue weighted by atomic mass is 10.3. The highest BCUT2D eigenvalue weighted by molar-refractivity contribution is 5.89. The molecular formula is C19H24N2O4. The molecule has 0 unspecified atom stereocenters. The van der Waals surface area contributed by atoms with Crippen molar-refractivity contribution in [1.29, 1.82) is 0 Å². The van der Waals surface area contributed by atoms with E-state index < -0.39 is 0 Å². The number of rotatable bonds is 9. The summed E-state index contributed by atoms with van der Waals surface area (Å²) in [4.78, 5) is 11.8. The van der Waals surface area contributed by atoms with Crippen LogP contribution in [0.1, 0.15) is 13.8 Å². The molecule has 2 rings (SSSR count). The number of hydrogen-bond acceptors (Lipinski definition) is 4. The van der Waals surface area contributed by atoms with E-state index in [-0.39, 0.29) is 6.03 Å². The molecule has 25 heavy (non-hydrogen) atoms. The van der Waals surface area contributed by atoms with Crippen molar-refractivity contribution in [2.45, 2.75) is 13.8 Å². The molecule has 0 radical (unpaired) electrons. The van der Waals surface area contributed by atoms with Crippen LogP contribution in [0.25, 0.3) is 0 Å². The van der Waals surface area contributed by atoms with Crippen LogP contribution in [-0.2, 0) is 0 Å². The molecule has 0 spiro atoms. The average Bonchev–Trinajstić information content (AvgIpc) is 2.62. The number of carbonyl (C=O) groups is 1. The Kier molecular flexibility index (Phi) is 7.43. The SMILES string of the molecule is CCOc1ccc(NC(=O)NCCOc2ccc(OCC)cc2)cc1. The monoisotopic (exact) mass is 344 g/mol. The van der Waals surface area contributed by atoms with Crippen LogP contribution in [0, 0.1) is 0 Å². The Labute approximate surface area is 148 Å². The number of benzene rings is 2. The van der Waals surface area contributed by atoms with E-state index in [4.69, 9.17) is 14.2 Å². The molecule has 0 saturated heterocycles. The molecule has 2 aromatic rings. The summed E-state index contributed by atoms with van der Waals surface area (Å²) in [5, 5.41) is 5.50. The lowest BCUT2D eigenvalue weighted by Crippen LogP contribution is -2.32. The number of ether oxygens (including phenoxy) is 3. The van der Waals surface area contributed by atoms with Crippen molar-refractivity contribution in [3.63, 3.8) is 0 Å². The summed E-state index contributed by atoms with van der Waals surface area (Å²) in [5.74, 6) is 2.32. The molecule has 2 aromatic carbocycles. The van der Waals surface area contributed by atoms with Crippen molar-refractivity contribution < 1.29 is 19.0 Å². The van der Waals surface area contributed by atoms with Gasteiger partial charge in [-0.3, -0.25) is 0 Å². The van der Waals surface area contributed by atoms with Gasteiger partial charge in [0.25, 0.3) is 0 Å². The van der Waals surface area contributed by atoms with E-state index in [0.717, 1.165) is 17.2 Å². The Balaban J connectivity index is 1.66. The van der Waals surface area contributed by atoms with Crippen LogP contribution < -0.4 is 24.8 Å². The van der Waals surface area contributed by atoms with Crippen LogP contribution in [0.3, 0.4) is 0 Å². The molecule has 0 aliphatic rings. The number of anilines is 1. The number of carbonyl (C=O) groups excluding carboxylic acids is 1. The maximum atomic E-state index is 11.8. The summed E-state index contributed by atoms with van der Waals surface area (Å²) in [6.45, 7) is 5.89. The van der Waals surface area contributed by atoms with E-state index in [1.807, 2.05) is 50.2 Å². The normalized spacial score (nSPS) is 10.0. The van der Waals surface area contributed by atoms with Crippen LogP contribution in [0.5, 0.6) is 17.2 Å². The molecule has 134 valence electrons. The van der Waals surface area contributed by atoms with Gasteiger partial charge in [0.15, 0.2) is 0 Å². The molecule has 2 N–H and O–H groups in total. The molecule has 0 aliphatic heterocycles. The molecule has 0 atom stereocenters. The Hall–Kier alpha value is -2.89. The van der Waals surface area contributed by atoms with E-state index in [1.54, 1.807) is 12.1 Å². The maximum absolute atomic E-state index is 11.8. The summed E-state index contributed by atoms with van der Waals surface area (Å²) in [6.07, 6.45) is 0. The molecule has 2 amide bonds. The number of amides is 2. The lowest BCUT2D eigenvalue weighted by Gasteiger charge is -2.10. The minimum atomic E-state index is -0.278. The second-order valence-electron chi connectivity index (χ2n) is 5.09. The quantitative estimate of drug-likeness (QED) is 0.681. The minimum absolute atomic E-state index is 0.278. The number of hydrogen-bond donors (Lipinski definition) is 2. The predicted molar refractivity (Wildman–Crippen MR) is 97.7 cm³/mol. The number of urea groups is 1. The summed E-state index contributed by atoms with van der Waals surface area (Å²) < 4.78 is 16.3. The summed E-state index contributed by atoms with van der Waals surface area (Å²) in [6, 6.07) is 14.3. The number of nitrogens with one attached hydrogen (secondary N) is 2. The van der Waals surface area contributed by atoms with Gasteiger partial charge in [-0.25, -0.2) is 4.79 Å². The van der Waals surface area contributed by atoms with Crippen molar-refractivity contribution in [2.24, 2.45) is 0 Å². The zero-order chi connectivity index (χ0) is 17.9. The van der Waals surface area contributed by atoms with Gasteiger partial charge in [0.2, 0.25) is 0 Å². The first-order chi connectivity index (χ1) is 12.2. The van der Waals surface area contributed by atoms with Gasteiger partial charge in [-0.05, 0) is 62.4 Å². The van der Waals surface area contributed by atoms with E-state index in [9.17, 15) is 4.79 Å². The molecule has 0 saturated carbocycles. The first-order valence-corrected chi connectivity index (χ1v) is 8.34.